The van der Waals surface area contributed by atoms with Crippen molar-refractivity contribution in [3.8, 4) is 0 Å². The lowest BCUT2D eigenvalue weighted by Crippen LogP contribution is -2.06. The molecule has 0 unspecified atom stereocenters. The molecule has 0 N–H and O–H groups in total. The highest BCUT2D eigenvalue weighted by Gasteiger charge is 2.19. The minimum Gasteiger partial charge on any atom is -0.288 e. The zero-order chi connectivity index (χ0) is 13.3. The second-order valence-electron chi connectivity index (χ2n) is 3.55. The molecule has 0 aliphatic heterocycles. The molecule has 2 aromatic carbocycles. The second-order valence-corrected chi connectivity index (χ2v) is 4.40. The Kier molecular flexibility index (Phi) is 3.64. The molecule has 0 aliphatic carbocycles. The van der Waals surface area contributed by atoms with Gasteiger partial charge in [0.15, 0.2) is 17.4 Å². The topological polar surface area (TPSA) is 17.1 Å². The third-order valence-electron chi connectivity index (χ3n) is 2.37. The molecule has 2 aromatic rings. The molecule has 0 heterocycles. The first-order valence-corrected chi connectivity index (χ1v) is 5.70. The molecular formula is C13H6Cl2F2O. The standard InChI is InChI=1S/C13H6Cl2F2O/c14-7-4-5-10(15)9(6-7)13(18)8-2-1-3-11(16)12(8)17/h1-6H. The maximum absolute atomic E-state index is 13.5. The van der Waals surface area contributed by atoms with Crippen LogP contribution in [0.4, 0.5) is 8.78 Å². The minimum atomic E-state index is -1.20. The highest BCUT2D eigenvalue weighted by Crippen LogP contribution is 2.24. The monoisotopic (exact) mass is 286 g/mol. The van der Waals surface area contributed by atoms with E-state index in [0.717, 1.165) is 6.07 Å². The summed E-state index contributed by atoms with van der Waals surface area (Å²) in [5, 5.41) is 0.424. The lowest BCUT2D eigenvalue weighted by molar-refractivity contribution is 0.103. The Balaban J connectivity index is 2.55. The zero-order valence-electron chi connectivity index (χ0n) is 8.88. The molecule has 0 aliphatic rings. The number of hydrogen-bond donors (Lipinski definition) is 0. The SMILES string of the molecule is O=C(c1cc(Cl)ccc1Cl)c1cccc(F)c1F. The molecule has 0 radical (unpaired) electrons. The molecule has 2 rings (SSSR count). The second kappa shape index (κ2) is 5.04. The van der Waals surface area contributed by atoms with Crippen molar-refractivity contribution in [2.24, 2.45) is 0 Å². The van der Waals surface area contributed by atoms with Gasteiger partial charge in [0.1, 0.15) is 0 Å². The first-order valence-electron chi connectivity index (χ1n) is 4.94. The predicted molar refractivity (Wildman–Crippen MR) is 66.3 cm³/mol. The van der Waals surface area contributed by atoms with Crippen LogP contribution in [0.1, 0.15) is 15.9 Å². The third-order valence-corrected chi connectivity index (χ3v) is 2.93. The van der Waals surface area contributed by atoms with E-state index < -0.39 is 17.4 Å². The van der Waals surface area contributed by atoms with Crippen LogP contribution < -0.4 is 0 Å². The number of benzene rings is 2. The van der Waals surface area contributed by atoms with E-state index in [1.807, 2.05) is 0 Å². The molecule has 0 saturated carbocycles. The summed E-state index contributed by atoms with van der Waals surface area (Å²) in [5.41, 5.74) is -0.340. The summed E-state index contributed by atoms with van der Waals surface area (Å²) < 4.78 is 26.5. The van der Waals surface area contributed by atoms with Gasteiger partial charge in [-0.15, -0.1) is 0 Å². The number of carbonyl (C=O) groups is 1. The Hall–Kier alpha value is -1.45. The van der Waals surface area contributed by atoms with Gasteiger partial charge in [0.25, 0.3) is 0 Å². The Morgan fingerprint density at radius 2 is 1.72 bits per heavy atom. The van der Waals surface area contributed by atoms with Crippen LogP contribution in [-0.4, -0.2) is 5.78 Å². The Morgan fingerprint density at radius 3 is 2.44 bits per heavy atom. The van der Waals surface area contributed by atoms with E-state index in [2.05, 4.69) is 0 Å². The molecule has 0 fully saturated rings. The molecule has 0 saturated heterocycles. The molecule has 0 atom stereocenters. The van der Waals surface area contributed by atoms with E-state index in [-0.39, 0.29) is 16.1 Å². The van der Waals surface area contributed by atoms with Gasteiger partial charge in [-0.2, -0.15) is 0 Å². The molecule has 18 heavy (non-hydrogen) atoms. The fraction of sp³-hybridized carbons (Fsp3) is 0. The molecule has 92 valence electrons. The number of ketones is 1. The van der Waals surface area contributed by atoms with Crippen LogP contribution in [-0.2, 0) is 0 Å². The van der Waals surface area contributed by atoms with E-state index in [9.17, 15) is 13.6 Å². The maximum Gasteiger partial charge on any atom is 0.197 e. The van der Waals surface area contributed by atoms with Gasteiger partial charge in [0, 0.05) is 10.6 Å². The number of rotatable bonds is 2. The van der Waals surface area contributed by atoms with Crippen molar-refractivity contribution in [1.29, 1.82) is 0 Å². The fourth-order valence-corrected chi connectivity index (χ4v) is 1.87. The number of halogens is 4. The van der Waals surface area contributed by atoms with Gasteiger partial charge < -0.3 is 0 Å². The molecule has 0 amide bonds. The largest absolute Gasteiger partial charge is 0.288 e. The molecule has 5 heteroatoms. The summed E-state index contributed by atoms with van der Waals surface area (Å²) in [6.45, 7) is 0. The van der Waals surface area contributed by atoms with Crippen LogP contribution in [0.3, 0.4) is 0 Å². The predicted octanol–water partition coefficient (Wildman–Crippen LogP) is 4.50. The summed E-state index contributed by atoms with van der Waals surface area (Å²) >= 11 is 11.6. The lowest BCUT2D eigenvalue weighted by Gasteiger charge is -2.05. The van der Waals surface area contributed by atoms with Crippen molar-refractivity contribution in [3.05, 3.63) is 69.2 Å². The minimum absolute atomic E-state index is 0.0358. The van der Waals surface area contributed by atoms with Crippen molar-refractivity contribution in [2.45, 2.75) is 0 Å². The molecule has 1 nitrogen and oxygen atoms in total. The quantitative estimate of drug-likeness (QED) is 0.743. The van der Waals surface area contributed by atoms with Gasteiger partial charge in [-0.25, -0.2) is 8.78 Å². The van der Waals surface area contributed by atoms with Crippen molar-refractivity contribution in [1.82, 2.24) is 0 Å². The summed E-state index contributed by atoms with van der Waals surface area (Å²) in [4.78, 5) is 12.0. The summed E-state index contributed by atoms with van der Waals surface area (Å²) in [6, 6.07) is 7.63. The average Bonchev–Trinajstić information content (AvgIpc) is 2.35. The maximum atomic E-state index is 13.5. The van der Waals surface area contributed by atoms with E-state index in [1.54, 1.807) is 0 Å². The van der Waals surface area contributed by atoms with Crippen molar-refractivity contribution < 1.29 is 13.6 Å². The van der Waals surface area contributed by atoms with Crippen LogP contribution in [0.15, 0.2) is 36.4 Å². The van der Waals surface area contributed by atoms with E-state index in [1.165, 1.54) is 30.3 Å². The Labute approximate surface area is 112 Å². The lowest BCUT2D eigenvalue weighted by atomic mass is 10.0. The van der Waals surface area contributed by atoms with Crippen molar-refractivity contribution in [3.63, 3.8) is 0 Å². The zero-order valence-corrected chi connectivity index (χ0v) is 10.4. The van der Waals surface area contributed by atoms with Crippen LogP contribution in [0.25, 0.3) is 0 Å². The highest BCUT2D eigenvalue weighted by molar-refractivity contribution is 6.36. The van der Waals surface area contributed by atoms with E-state index in [0.29, 0.717) is 5.02 Å². The van der Waals surface area contributed by atoms with E-state index >= 15 is 0 Å². The molecule has 0 spiro atoms. The molecular weight excluding hydrogens is 281 g/mol. The number of carbonyl (C=O) groups excluding carboxylic acids is 1. The number of hydrogen-bond acceptors (Lipinski definition) is 1. The van der Waals surface area contributed by atoms with Gasteiger partial charge in [0.05, 0.1) is 10.6 Å². The fourth-order valence-electron chi connectivity index (χ4n) is 1.50. The summed E-state index contributed by atoms with van der Waals surface area (Å²) in [5.74, 6) is -2.99. The highest BCUT2D eigenvalue weighted by atomic mass is 35.5. The van der Waals surface area contributed by atoms with E-state index in [4.69, 9.17) is 23.2 Å². The average molecular weight is 287 g/mol. The Morgan fingerprint density at radius 1 is 1.00 bits per heavy atom. The van der Waals surface area contributed by atoms with Crippen molar-refractivity contribution >= 4 is 29.0 Å². The van der Waals surface area contributed by atoms with Gasteiger partial charge in [-0.3, -0.25) is 4.79 Å². The molecule has 0 bridgehead atoms. The van der Waals surface area contributed by atoms with Gasteiger partial charge >= 0.3 is 0 Å². The summed E-state index contributed by atoms with van der Waals surface area (Å²) in [7, 11) is 0. The Bertz CT molecular complexity index is 622. The van der Waals surface area contributed by atoms with Crippen LogP contribution in [0.2, 0.25) is 10.0 Å². The van der Waals surface area contributed by atoms with Crippen molar-refractivity contribution in [2.75, 3.05) is 0 Å². The van der Waals surface area contributed by atoms with Gasteiger partial charge in [-0.05, 0) is 30.3 Å². The van der Waals surface area contributed by atoms with Gasteiger partial charge in [-0.1, -0.05) is 29.3 Å². The van der Waals surface area contributed by atoms with Crippen LogP contribution in [0, 0.1) is 11.6 Å². The van der Waals surface area contributed by atoms with Crippen LogP contribution >= 0.6 is 23.2 Å². The van der Waals surface area contributed by atoms with Crippen LogP contribution in [0.5, 0.6) is 0 Å². The van der Waals surface area contributed by atoms with Gasteiger partial charge in [0.2, 0.25) is 0 Å². The summed E-state index contributed by atoms with van der Waals surface area (Å²) in [6.07, 6.45) is 0. The third kappa shape index (κ3) is 2.37. The molecule has 0 aromatic heterocycles. The first kappa shape index (κ1) is 13.0. The smallest absolute Gasteiger partial charge is 0.197 e. The first-order chi connectivity index (χ1) is 8.50. The normalized spacial score (nSPS) is 10.4.